The number of nitrogens with one attached hydrogen (secondary N) is 1. The second-order valence-corrected chi connectivity index (χ2v) is 5.86. The van der Waals surface area contributed by atoms with Crippen LogP contribution in [-0.4, -0.2) is 17.7 Å². The largest absolute Gasteiger partial charge is 0.479 e. The number of ether oxygens (including phenoxy) is 1. The molecule has 7 heteroatoms. The molecule has 1 N–H and O–H groups in total. The van der Waals surface area contributed by atoms with Gasteiger partial charge in [0.1, 0.15) is 11.6 Å². The van der Waals surface area contributed by atoms with Crippen LogP contribution in [0.15, 0.2) is 47.6 Å². The van der Waals surface area contributed by atoms with Crippen molar-refractivity contribution in [3.05, 3.63) is 63.9 Å². The van der Waals surface area contributed by atoms with E-state index >= 15 is 0 Å². The molecule has 1 amide bonds. The van der Waals surface area contributed by atoms with Gasteiger partial charge in [0, 0.05) is 5.02 Å². The Labute approximate surface area is 149 Å². The second-order valence-electron chi connectivity index (χ2n) is 5.01. The quantitative estimate of drug-likeness (QED) is 0.626. The summed E-state index contributed by atoms with van der Waals surface area (Å²) in [6.07, 6.45) is -0.812. The van der Waals surface area contributed by atoms with Gasteiger partial charge in [0.05, 0.1) is 10.7 Å². The molecule has 2 aromatic carbocycles. The van der Waals surface area contributed by atoms with Crippen molar-refractivity contribution in [3.63, 3.8) is 0 Å². The summed E-state index contributed by atoms with van der Waals surface area (Å²) in [5, 5.41) is 4.77. The van der Waals surface area contributed by atoms with Crippen molar-refractivity contribution in [1.82, 2.24) is 5.43 Å². The summed E-state index contributed by atoms with van der Waals surface area (Å²) in [6.45, 7) is 3.28. The first kappa shape index (κ1) is 18.2. The summed E-state index contributed by atoms with van der Waals surface area (Å²) in [6, 6.07) is 10.5. The molecule has 2 aromatic rings. The van der Waals surface area contributed by atoms with Crippen molar-refractivity contribution in [2.24, 2.45) is 5.10 Å². The van der Waals surface area contributed by atoms with Crippen molar-refractivity contribution in [1.29, 1.82) is 0 Å². The zero-order chi connectivity index (χ0) is 17.7. The van der Waals surface area contributed by atoms with E-state index in [1.165, 1.54) is 18.2 Å². The van der Waals surface area contributed by atoms with Crippen LogP contribution in [0.3, 0.4) is 0 Å². The van der Waals surface area contributed by atoms with Crippen LogP contribution in [-0.2, 0) is 4.79 Å². The van der Waals surface area contributed by atoms with Gasteiger partial charge < -0.3 is 4.74 Å². The highest BCUT2D eigenvalue weighted by Gasteiger charge is 2.16. The van der Waals surface area contributed by atoms with E-state index in [1.807, 2.05) is 0 Å². The van der Waals surface area contributed by atoms with Crippen LogP contribution >= 0.6 is 23.2 Å². The van der Waals surface area contributed by atoms with E-state index < -0.39 is 12.0 Å². The van der Waals surface area contributed by atoms with Crippen molar-refractivity contribution in [2.45, 2.75) is 20.0 Å². The van der Waals surface area contributed by atoms with Gasteiger partial charge in [-0.2, -0.15) is 5.10 Å². The molecule has 2 rings (SSSR count). The Kier molecular flexibility index (Phi) is 6.17. The summed E-state index contributed by atoms with van der Waals surface area (Å²) in [4.78, 5) is 12.0. The highest BCUT2D eigenvalue weighted by Crippen LogP contribution is 2.28. The number of carbonyl (C=O) groups is 1. The average molecular weight is 369 g/mol. The molecule has 0 fully saturated rings. The Morgan fingerprint density at radius 1 is 1.21 bits per heavy atom. The molecule has 0 radical (unpaired) electrons. The molecular weight excluding hydrogens is 354 g/mol. The zero-order valence-corrected chi connectivity index (χ0v) is 14.5. The van der Waals surface area contributed by atoms with E-state index in [1.54, 1.807) is 38.1 Å². The predicted molar refractivity (Wildman–Crippen MR) is 93.3 cm³/mol. The number of carbonyl (C=O) groups excluding carboxylic acids is 1. The van der Waals surface area contributed by atoms with E-state index in [-0.39, 0.29) is 5.82 Å². The number of rotatable bonds is 5. The van der Waals surface area contributed by atoms with Gasteiger partial charge in [-0.25, -0.2) is 9.82 Å². The minimum absolute atomic E-state index is 0.313. The normalized spacial score (nSPS) is 12.6. The van der Waals surface area contributed by atoms with E-state index in [9.17, 15) is 9.18 Å². The van der Waals surface area contributed by atoms with Crippen LogP contribution in [0.5, 0.6) is 5.75 Å². The van der Waals surface area contributed by atoms with Gasteiger partial charge >= 0.3 is 0 Å². The minimum atomic E-state index is -0.812. The van der Waals surface area contributed by atoms with Gasteiger partial charge in [-0.05, 0) is 49.7 Å². The number of hydrazone groups is 1. The summed E-state index contributed by atoms with van der Waals surface area (Å²) < 4.78 is 18.4. The molecule has 0 heterocycles. The van der Waals surface area contributed by atoms with Crippen LogP contribution in [0, 0.1) is 5.82 Å². The standard InChI is InChI=1S/C17H15Cl2FN2O2/c1-10(12-3-6-14(20)7-4-12)21-22-17(23)11(2)24-16-8-5-13(18)9-15(16)19/h3-9,11H,1-2H3,(H,22,23)/b21-10+. The van der Waals surface area contributed by atoms with Crippen LogP contribution in [0.4, 0.5) is 4.39 Å². The summed E-state index contributed by atoms with van der Waals surface area (Å²) in [5.74, 6) is -0.428. The molecule has 0 bridgehead atoms. The Balaban J connectivity index is 1.98. The number of amides is 1. The fraction of sp³-hybridized carbons (Fsp3) is 0.176. The Hall–Kier alpha value is -2.11. The molecular formula is C17H15Cl2FN2O2. The Bertz CT molecular complexity index is 764. The molecule has 0 aromatic heterocycles. The number of benzene rings is 2. The predicted octanol–water partition coefficient (Wildman–Crippen LogP) is 4.44. The van der Waals surface area contributed by atoms with E-state index in [0.29, 0.717) is 27.1 Å². The fourth-order valence-electron chi connectivity index (χ4n) is 1.80. The first-order chi connectivity index (χ1) is 11.4. The molecule has 126 valence electrons. The summed E-state index contributed by atoms with van der Waals surface area (Å²) in [5.41, 5.74) is 3.65. The topological polar surface area (TPSA) is 50.7 Å². The third-order valence-corrected chi connectivity index (χ3v) is 3.69. The maximum absolute atomic E-state index is 12.9. The first-order valence-electron chi connectivity index (χ1n) is 7.08. The summed E-state index contributed by atoms with van der Waals surface area (Å²) in [7, 11) is 0. The van der Waals surface area contributed by atoms with E-state index in [2.05, 4.69) is 10.5 Å². The molecule has 0 aliphatic heterocycles. The number of halogens is 3. The van der Waals surface area contributed by atoms with Crippen molar-refractivity contribution >= 4 is 34.8 Å². The number of hydrogen-bond donors (Lipinski definition) is 1. The lowest BCUT2D eigenvalue weighted by Gasteiger charge is -2.14. The SMILES string of the molecule is C/C(=N\NC(=O)C(C)Oc1ccc(Cl)cc1Cl)c1ccc(F)cc1. The van der Waals surface area contributed by atoms with Crippen LogP contribution in [0.25, 0.3) is 0 Å². The Morgan fingerprint density at radius 3 is 2.50 bits per heavy atom. The molecule has 0 saturated carbocycles. The van der Waals surface area contributed by atoms with Gasteiger partial charge in [-0.3, -0.25) is 4.79 Å². The third-order valence-electron chi connectivity index (χ3n) is 3.16. The number of hydrogen-bond acceptors (Lipinski definition) is 3. The highest BCUT2D eigenvalue weighted by molar-refractivity contribution is 6.35. The molecule has 1 atom stereocenters. The lowest BCUT2D eigenvalue weighted by molar-refractivity contribution is -0.127. The van der Waals surface area contributed by atoms with Gasteiger partial charge in [0.15, 0.2) is 6.10 Å². The number of nitrogens with zero attached hydrogens (tertiary/aromatic N) is 1. The molecule has 0 spiro atoms. The molecule has 1 unspecified atom stereocenters. The maximum atomic E-state index is 12.9. The van der Waals surface area contributed by atoms with Crippen LogP contribution in [0.1, 0.15) is 19.4 Å². The molecule has 24 heavy (non-hydrogen) atoms. The Morgan fingerprint density at radius 2 is 1.88 bits per heavy atom. The third kappa shape index (κ3) is 4.94. The first-order valence-corrected chi connectivity index (χ1v) is 7.84. The van der Waals surface area contributed by atoms with Crippen LogP contribution in [0.2, 0.25) is 10.0 Å². The van der Waals surface area contributed by atoms with Gasteiger partial charge in [-0.15, -0.1) is 0 Å². The van der Waals surface area contributed by atoms with E-state index in [4.69, 9.17) is 27.9 Å². The second kappa shape index (κ2) is 8.13. The monoisotopic (exact) mass is 368 g/mol. The highest BCUT2D eigenvalue weighted by atomic mass is 35.5. The molecule has 0 aliphatic carbocycles. The van der Waals surface area contributed by atoms with Gasteiger partial charge in [-0.1, -0.05) is 35.3 Å². The smallest absolute Gasteiger partial charge is 0.280 e. The molecule has 4 nitrogen and oxygen atoms in total. The van der Waals surface area contributed by atoms with Crippen LogP contribution < -0.4 is 10.2 Å². The summed E-state index contributed by atoms with van der Waals surface area (Å²) >= 11 is 11.8. The van der Waals surface area contributed by atoms with Crippen molar-refractivity contribution in [3.8, 4) is 5.75 Å². The minimum Gasteiger partial charge on any atom is -0.479 e. The molecule has 0 saturated heterocycles. The van der Waals surface area contributed by atoms with Crippen molar-refractivity contribution in [2.75, 3.05) is 0 Å². The average Bonchev–Trinajstić information content (AvgIpc) is 2.55. The maximum Gasteiger partial charge on any atom is 0.280 e. The molecule has 0 aliphatic rings. The zero-order valence-electron chi connectivity index (χ0n) is 13.0. The van der Waals surface area contributed by atoms with Gasteiger partial charge in [0.25, 0.3) is 5.91 Å². The lowest BCUT2D eigenvalue weighted by Crippen LogP contribution is -2.34. The van der Waals surface area contributed by atoms with Crippen molar-refractivity contribution < 1.29 is 13.9 Å². The lowest BCUT2D eigenvalue weighted by atomic mass is 10.1. The van der Waals surface area contributed by atoms with Gasteiger partial charge in [0.2, 0.25) is 0 Å². The van der Waals surface area contributed by atoms with E-state index in [0.717, 1.165) is 0 Å². The fourth-order valence-corrected chi connectivity index (χ4v) is 2.25.